The van der Waals surface area contributed by atoms with E-state index in [9.17, 15) is 4.79 Å². The second kappa shape index (κ2) is 9.09. The first-order valence-electron chi connectivity index (χ1n) is 9.09. The molecule has 1 heterocycles. The number of hydrogen-bond acceptors (Lipinski definition) is 5. The second-order valence-electron chi connectivity index (χ2n) is 6.21. The molecular formula is C21H23N3O3. The Labute approximate surface area is 158 Å². The van der Waals surface area contributed by atoms with Crippen LogP contribution in [-0.4, -0.2) is 24.3 Å². The first-order valence-corrected chi connectivity index (χ1v) is 9.09. The lowest BCUT2D eigenvalue weighted by atomic mass is 10.1. The van der Waals surface area contributed by atoms with Gasteiger partial charge in [-0.25, -0.2) is 4.79 Å². The standard InChI is InChI=1S/C21H23N3O3/c1-3-4-13-26-15(2)17-11-8-12-18(14-17)23-24-19-21(25)27-20(22-19)16-9-6-5-7-10-16/h5-12,14-15,23H,3-4,13H2,1-2H3. The number of aliphatic imine (C=N–C) groups is 1. The molecule has 3 rings (SSSR count). The molecule has 0 radical (unpaired) electrons. The van der Waals surface area contributed by atoms with Crippen molar-refractivity contribution in [3.63, 3.8) is 0 Å². The van der Waals surface area contributed by atoms with Gasteiger partial charge in [-0.15, -0.1) is 5.10 Å². The van der Waals surface area contributed by atoms with E-state index in [1.165, 1.54) is 0 Å². The summed E-state index contributed by atoms with van der Waals surface area (Å²) in [5.41, 5.74) is 5.40. The molecule has 0 saturated heterocycles. The molecule has 2 aromatic carbocycles. The number of amidine groups is 1. The summed E-state index contributed by atoms with van der Waals surface area (Å²) >= 11 is 0. The van der Waals surface area contributed by atoms with Gasteiger partial charge in [0.05, 0.1) is 11.8 Å². The van der Waals surface area contributed by atoms with Gasteiger partial charge in [0.2, 0.25) is 5.90 Å². The van der Waals surface area contributed by atoms with Crippen molar-refractivity contribution in [1.82, 2.24) is 0 Å². The van der Waals surface area contributed by atoms with Crippen LogP contribution >= 0.6 is 0 Å². The molecule has 0 amide bonds. The number of benzene rings is 2. The minimum atomic E-state index is -0.575. The van der Waals surface area contributed by atoms with Gasteiger partial charge in [-0.3, -0.25) is 5.43 Å². The highest BCUT2D eigenvalue weighted by atomic mass is 16.6. The zero-order valence-electron chi connectivity index (χ0n) is 15.5. The number of unbranched alkanes of at least 4 members (excludes halogenated alkanes) is 1. The number of ether oxygens (including phenoxy) is 2. The quantitative estimate of drug-likeness (QED) is 0.430. The zero-order chi connectivity index (χ0) is 19.1. The summed E-state index contributed by atoms with van der Waals surface area (Å²) in [6.07, 6.45) is 2.14. The van der Waals surface area contributed by atoms with E-state index in [1.54, 1.807) is 0 Å². The maximum atomic E-state index is 12.0. The van der Waals surface area contributed by atoms with Gasteiger partial charge >= 0.3 is 5.97 Å². The van der Waals surface area contributed by atoms with Gasteiger partial charge in [-0.05, 0) is 43.2 Å². The Hall–Kier alpha value is -2.99. The molecule has 0 bridgehead atoms. The summed E-state index contributed by atoms with van der Waals surface area (Å²) in [6.45, 7) is 4.89. The van der Waals surface area contributed by atoms with Gasteiger partial charge in [-0.1, -0.05) is 43.7 Å². The minimum absolute atomic E-state index is 0.00787. The van der Waals surface area contributed by atoms with Crippen LogP contribution in [0.3, 0.4) is 0 Å². The van der Waals surface area contributed by atoms with E-state index in [-0.39, 0.29) is 17.8 Å². The van der Waals surface area contributed by atoms with Crippen LogP contribution in [0.1, 0.15) is 43.9 Å². The van der Waals surface area contributed by atoms with Crippen LogP contribution in [0.4, 0.5) is 5.69 Å². The third-order valence-corrected chi connectivity index (χ3v) is 4.11. The van der Waals surface area contributed by atoms with Crippen molar-refractivity contribution in [2.75, 3.05) is 12.0 Å². The van der Waals surface area contributed by atoms with Crippen molar-refractivity contribution in [3.05, 3.63) is 65.7 Å². The van der Waals surface area contributed by atoms with Gasteiger partial charge in [0, 0.05) is 12.2 Å². The van der Waals surface area contributed by atoms with E-state index in [0.29, 0.717) is 0 Å². The molecule has 6 heteroatoms. The summed E-state index contributed by atoms with van der Waals surface area (Å²) < 4.78 is 11.0. The van der Waals surface area contributed by atoms with Crippen LogP contribution in [0.5, 0.6) is 0 Å². The van der Waals surface area contributed by atoms with E-state index in [0.717, 1.165) is 36.3 Å². The molecular weight excluding hydrogens is 342 g/mol. The molecule has 27 heavy (non-hydrogen) atoms. The molecule has 1 N–H and O–H groups in total. The normalized spacial score (nSPS) is 16.1. The Bertz CT molecular complexity index is 847. The van der Waals surface area contributed by atoms with Crippen molar-refractivity contribution in [1.29, 1.82) is 0 Å². The molecule has 1 aliphatic heterocycles. The van der Waals surface area contributed by atoms with E-state index in [2.05, 4.69) is 22.4 Å². The Kier molecular flexibility index (Phi) is 6.33. The third-order valence-electron chi connectivity index (χ3n) is 4.11. The van der Waals surface area contributed by atoms with E-state index < -0.39 is 5.97 Å². The Morgan fingerprint density at radius 3 is 2.78 bits per heavy atom. The van der Waals surface area contributed by atoms with Gasteiger partial charge < -0.3 is 9.47 Å². The number of rotatable bonds is 8. The number of esters is 1. The highest BCUT2D eigenvalue weighted by Crippen LogP contribution is 2.21. The Morgan fingerprint density at radius 2 is 2.00 bits per heavy atom. The number of carbonyl (C=O) groups excluding carboxylic acids is 1. The molecule has 2 aromatic rings. The molecule has 0 spiro atoms. The minimum Gasteiger partial charge on any atom is -0.401 e. The van der Waals surface area contributed by atoms with Crippen molar-refractivity contribution >= 4 is 23.4 Å². The molecule has 140 valence electrons. The lowest BCUT2D eigenvalue weighted by Gasteiger charge is -2.14. The van der Waals surface area contributed by atoms with Gasteiger partial charge in [0.1, 0.15) is 0 Å². The van der Waals surface area contributed by atoms with Crippen LogP contribution in [-0.2, 0) is 14.3 Å². The summed E-state index contributed by atoms with van der Waals surface area (Å²) in [6, 6.07) is 17.0. The predicted molar refractivity (Wildman–Crippen MR) is 106 cm³/mol. The van der Waals surface area contributed by atoms with E-state index >= 15 is 0 Å². The molecule has 6 nitrogen and oxygen atoms in total. The number of hydrogen-bond donors (Lipinski definition) is 1. The Balaban J connectivity index is 1.68. The number of nitrogens with zero attached hydrogens (tertiary/aromatic N) is 2. The lowest BCUT2D eigenvalue weighted by molar-refractivity contribution is -0.127. The van der Waals surface area contributed by atoms with Crippen molar-refractivity contribution in [3.8, 4) is 0 Å². The summed E-state index contributed by atoms with van der Waals surface area (Å²) in [5.74, 6) is -0.326. The fraction of sp³-hybridized carbons (Fsp3) is 0.286. The summed E-state index contributed by atoms with van der Waals surface area (Å²) in [4.78, 5) is 16.1. The average molecular weight is 365 g/mol. The fourth-order valence-electron chi connectivity index (χ4n) is 2.55. The number of anilines is 1. The van der Waals surface area contributed by atoms with E-state index in [4.69, 9.17) is 9.47 Å². The maximum absolute atomic E-state index is 12.0. The highest BCUT2D eigenvalue weighted by molar-refractivity contribution is 6.43. The highest BCUT2D eigenvalue weighted by Gasteiger charge is 2.25. The number of cyclic esters (lactones) is 1. The van der Waals surface area contributed by atoms with Crippen molar-refractivity contribution in [2.24, 2.45) is 10.1 Å². The Morgan fingerprint density at radius 1 is 1.19 bits per heavy atom. The SMILES string of the molecule is CCCCOC(C)c1cccc(NN=C2N=C(c3ccccc3)OC2=O)c1. The summed E-state index contributed by atoms with van der Waals surface area (Å²) in [5, 5.41) is 4.09. The van der Waals surface area contributed by atoms with E-state index in [1.807, 2.05) is 61.5 Å². The first-order chi connectivity index (χ1) is 13.2. The van der Waals surface area contributed by atoms with Gasteiger partial charge in [0.25, 0.3) is 5.84 Å². The molecule has 1 aliphatic rings. The molecule has 0 aromatic heterocycles. The fourth-order valence-corrected chi connectivity index (χ4v) is 2.55. The number of carbonyl (C=O) groups is 1. The monoisotopic (exact) mass is 365 g/mol. The van der Waals surface area contributed by atoms with Gasteiger partial charge in [-0.2, -0.15) is 4.99 Å². The van der Waals surface area contributed by atoms with Gasteiger partial charge in [0.15, 0.2) is 0 Å². The first kappa shape index (κ1) is 18.8. The molecule has 1 atom stereocenters. The zero-order valence-corrected chi connectivity index (χ0v) is 15.5. The third kappa shape index (κ3) is 5.01. The van der Waals surface area contributed by atoms with Crippen LogP contribution in [0, 0.1) is 0 Å². The average Bonchev–Trinajstić information content (AvgIpc) is 3.08. The van der Waals surface area contributed by atoms with Crippen LogP contribution in [0.2, 0.25) is 0 Å². The maximum Gasteiger partial charge on any atom is 0.385 e. The summed E-state index contributed by atoms with van der Waals surface area (Å²) in [7, 11) is 0. The molecule has 1 unspecified atom stereocenters. The van der Waals surface area contributed by atoms with Crippen LogP contribution in [0.25, 0.3) is 0 Å². The van der Waals surface area contributed by atoms with Crippen LogP contribution < -0.4 is 5.43 Å². The predicted octanol–water partition coefficient (Wildman–Crippen LogP) is 4.29. The largest absolute Gasteiger partial charge is 0.401 e. The lowest BCUT2D eigenvalue weighted by Crippen LogP contribution is -2.11. The molecule has 0 aliphatic carbocycles. The smallest absolute Gasteiger partial charge is 0.385 e. The topological polar surface area (TPSA) is 72.3 Å². The second-order valence-corrected chi connectivity index (χ2v) is 6.21. The molecule has 0 fully saturated rings. The van der Waals surface area contributed by atoms with Crippen molar-refractivity contribution < 1.29 is 14.3 Å². The molecule has 0 saturated carbocycles. The van der Waals surface area contributed by atoms with Crippen molar-refractivity contribution in [2.45, 2.75) is 32.8 Å². The van der Waals surface area contributed by atoms with Crippen LogP contribution in [0.15, 0.2) is 64.7 Å². The number of hydrazone groups is 1. The number of nitrogens with one attached hydrogen (secondary N) is 1.